The SMILES string of the molecule is COC(=O)C[C@H]([NH3+])C(=O)N(C)OC. The molecule has 0 aromatic rings. The summed E-state index contributed by atoms with van der Waals surface area (Å²) < 4.78 is 4.39. The highest BCUT2D eigenvalue weighted by molar-refractivity contribution is 5.84. The van der Waals surface area contributed by atoms with Crippen molar-refractivity contribution in [3.05, 3.63) is 0 Å². The van der Waals surface area contributed by atoms with E-state index in [0.717, 1.165) is 5.06 Å². The molecule has 1 atom stereocenters. The first-order chi connectivity index (χ1) is 6.02. The van der Waals surface area contributed by atoms with Gasteiger partial charge in [0.15, 0.2) is 6.04 Å². The van der Waals surface area contributed by atoms with Gasteiger partial charge >= 0.3 is 11.9 Å². The van der Waals surface area contributed by atoms with E-state index in [0.29, 0.717) is 0 Å². The highest BCUT2D eigenvalue weighted by atomic mass is 16.7. The van der Waals surface area contributed by atoms with Crippen LogP contribution in [0.25, 0.3) is 0 Å². The predicted molar refractivity (Wildman–Crippen MR) is 43.1 cm³/mol. The summed E-state index contributed by atoms with van der Waals surface area (Å²) >= 11 is 0. The van der Waals surface area contributed by atoms with Crippen LogP contribution in [0, 0.1) is 0 Å². The van der Waals surface area contributed by atoms with Crippen molar-refractivity contribution in [2.45, 2.75) is 12.5 Å². The Labute approximate surface area is 76.5 Å². The smallest absolute Gasteiger partial charge is 0.312 e. The lowest BCUT2D eigenvalue weighted by atomic mass is 10.2. The van der Waals surface area contributed by atoms with Gasteiger partial charge in [-0.15, -0.1) is 0 Å². The molecule has 0 spiro atoms. The van der Waals surface area contributed by atoms with Crippen molar-refractivity contribution in [1.29, 1.82) is 0 Å². The molecule has 1 amide bonds. The molecule has 3 N–H and O–H groups in total. The first-order valence-corrected chi connectivity index (χ1v) is 3.74. The molecule has 0 bridgehead atoms. The molecular weight excluding hydrogens is 176 g/mol. The lowest BCUT2D eigenvalue weighted by molar-refractivity contribution is -0.408. The Bertz CT molecular complexity index is 195. The number of hydrogen-bond acceptors (Lipinski definition) is 4. The molecular formula is C7H15N2O4+. The van der Waals surface area contributed by atoms with Crippen molar-refractivity contribution in [3.8, 4) is 0 Å². The van der Waals surface area contributed by atoms with Gasteiger partial charge in [0.2, 0.25) is 0 Å². The zero-order valence-corrected chi connectivity index (χ0v) is 8.07. The van der Waals surface area contributed by atoms with Gasteiger partial charge in [-0.1, -0.05) is 0 Å². The summed E-state index contributed by atoms with van der Waals surface area (Å²) in [5, 5.41) is 1.03. The molecule has 76 valence electrons. The average molecular weight is 191 g/mol. The second-order valence-corrected chi connectivity index (χ2v) is 2.50. The van der Waals surface area contributed by atoms with E-state index in [9.17, 15) is 9.59 Å². The highest BCUT2D eigenvalue weighted by Gasteiger charge is 2.24. The van der Waals surface area contributed by atoms with Crippen molar-refractivity contribution < 1.29 is 24.9 Å². The summed E-state index contributed by atoms with van der Waals surface area (Å²) in [4.78, 5) is 26.7. The van der Waals surface area contributed by atoms with E-state index in [1.807, 2.05) is 0 Å². The number of carbonyl (C=O) groups is 2. The number of likely N-dealkylation sites (N-methyl/N-ethyl adjacent to an activating group) is 1. The molecule has 6 heteroatoms. The molecule has 0 rings (SSSR count). The number of hydrogen-bond donors (Lipinski definition) is 1. The number of amides is 1. The summed E-state index contributed by atoms with van der Waals surface area (Å²) in [6.45, 7) is 0. The van der Waals surface area contributed by atoms with E-state index in [1.165, 1.54) is 21.3 Å². The van der Waals surface area contributed by atoms with E-state index in [-0.39, 0.29) is 12.3 Å². The third-order valence-corrected chi connectivity index (χ3v) is 1.57. The summed E-state index contributed by atoms with van der Waals surface area (Å²) in [5.74, 6) is -0.814. The minimum atomic E-state index is -0.669. The zero-order valence-electron chi connectivity index (χ0n) is 8.07. The normalized spacial score (nSPS) is 12.0. The molecule has 0 aromatic heterocycles. The van der Waals surface area contributed by atoms with Crippen LogP contribution in [0.5, 0.6) is 0 Å². The maximum absolute atomic E-state index is 11.3. The van der Waals surface area contributed by atoms with Crippen LogP contribution in [0.4, 0.5) is 0 Å². The molecule has 6 nitrogen and oxygen atoms in total. The fraction of sp³-hybridized carbons (Fsp3) is 0.714. The summed E-state index contributed by atoms with van der Waals surface area (Å²) in [6, 6.07) is -0.669. The Morgan fingerprint density at radius 2 is 2.00 bits per heavy atom. The quantitative estimate of drug-likeness (QED) is 0.419. The number of esters is 1. The number of hydroxylamine groups is 2. The predicted octanol–water partition coefficient (Wildman–Crippen LogP) is -1.82. The maximum Gasteiger partial charge on any atom is 0.312 e. The molecule has 0 aromatic carbocycles. The van der Waals surface area contributed by atoms with Crippen molar-refractivity contribution in [2.24, 2.45) is 0 Å². The van der Waals surface area contributed by atoms with Crippen molar-refractivity contribution >= 4 is 11.9 Å². The molecule has 0 heterocycles. The highest BCUT2D eigenvalue weighted by Crippen LogP contribution is 1.94. The molecule has 0 aliphatic heterocycles. The van der Waals surface area contributed by atoms with Gasteiger partial charge < -0.3 is 10.5 Å². The fourth-order valence-electron chi connectivity index (χ4n) is 0.719. The Balaban J connectivity index is 4.03. The first-order valence-electron chi connectivity index (χ1n) is 3.74. The van der Waals surface area contributed by atoms with Crippen LogP contribution >= 0.6 is 0 Å². The van der Waals surface area contributed by atoms with Crippen LogP contribution in [0.3, 0.4) is 0 Å². The van der Waals surface area contributed by atoms with E-state index in [1.54, 1.807) is 0 Å². The first kappa shape index (κ1) is 11.9. The lowest BCUT2D eigenvalue weighted by Crippen LogP contribution is -2.68. The van der Waals surface area contributed by atoms with Crippen molar-refractivity contribution in [2.75, 3.05) is 21.3 Å². The standard InChI is InChI=1S/C7H14N2O4/c1-9(13-3)7(11)5(8)4-6(10)12-2/h5H,4,8H2,1-3H3/p+1/t5-/m0/s1. The summed E-state index contributed by atoms with van der Waals surface area (Å²) in [5.41, 5.74) is 3.52. The largest absolute Gasteiger partial charge is 0.469 e. The maximum atomic E-state index is 11.3. The molecule has 0 saturated carbocycles. The van der Waals surface area contributed by atoms with Gasteiger partial charge in [-0.3, -0.25) is 14.4 Å². The molecule has 13 heavy (non-hydrogen) atoms. The second-order valence-electron chi connectivity index (χ2n) is 2.50. The Morgan fingerprint density at radius 1 is 1.46 bits per heavy atom. The van der Waals surface area contributed by atoms with E-state index in [4.69, 9.17) is 0 Å². The van der Waals surface area contributed by atoms with Gasteiger partial charge in [-0.25, -0.2) is 5.06 Å². The number of carbonyl (C=O) groups excluding carboxylic acids is 2. The van der Waals surface area contributed by atoms with Crippen LogP contribution in [-0.2, 0) is 19.2 Å². The number of quaternary nitrogens is 1. The van der Waals surface area contributed by atoms with Gasteiger partial charge in [0.05, 0.1) is 14.2 Å². The van der Waals surface area contributed by atoms with Crippen LogP contribution < -0.4 is 5.73 Å². The Kier molecular flexibility index (Phi) is 5.01. The van der Waals surface area contributed by atoms with E-state index >= 15 is 0 Å². The molecule has 0 aliphatic carbocycles. The Morgan fingerprint density at radius 3 is 2.38 bits per heavy atom. The third kappa shape index (κ3) is 3.86. The average Bonchev–Trinajstić information content (AvgIpc) is 2.14. The molecule has 0 saturated heterocycles. The minimum Gasteiger partial charge on any atom is -0.469 e. The Hall–Kier alpha value is -1.14. The fourth-order valence-corrected chi connectivity index (χ4v) is 0.719. The monoisotopic (exact) mass is 191 g/mol. The van der Waals surface area contributed by atoms with Crippen LogP contribution in [-0.4, -0.2) is 44.2 Å². The van der Waals surface area contributed by atoms with Crippen molar-refractivity contribution in [3.63, 3.8) is 0 Å². The van der Waals surface area contributed by atoms with Gasteiger partial charge in [0.25, 0.3) is 0 Å². The van der Waals surface area contributed by atoms with Gasteiger partial charge in [0.1, 0.15) is 6.42 Å². The number of nitrogens with zero attached hydrogens (tertiary/aromatic N) is 1. The summed E-state index contributed by atoms with van der Waals surface area (Å²) in [6.07, 6.45) is -0.0387. The summed E-state index contributed by atoms with van der Waals surface area (Å²) in [7, 11) is 4.08. The molecule has 0 aliphatic rings. The van der Waals surface area contributed by atoms with Crippen LogP contribution in [0.15, 0.2) is 0 Å². The van der Waals surface area contributed by atoms with Crippen molar-refractivity contribution in [1.82, 2.24) is 5.06 Å². The molecule has 0 fully saturated rings. The van der Waals surface area contributed by atoms with E-state index < -0.39 is 12.0 Å². The van der Waals surface area contributed by atoms with E-state index in [2.05, 4.69) is 15.3 Å². The zero-order chi connectivity index (χ0) is 10.4. The van der Waals surface area contributed by atoms with Gasteiger partial charge in [0, 0.05) is 7.05 Å². The number of ether oxygens (including phenoxy) is 1. The van der Waals surface area contributed by atoms with Gasteiger partial charge in [-0.2, -0.15) is 0 Å². The van der Waals surface area contributed by atoms with Crippen LogP contribution in [0.1, 0.15) is 6.42 Å². The number of rotatable bonds is 4. The van der Waals surface area contributed by atoms with Crippen LogP contribution in [0.2, 0.25) is 0 Å². The number of methoxy groups -OCH3 is 1. The minimum absolute atomic E-state index is 0.0387. The topological polar surface area (TPSA) is 83.5 Å². The molecule has 0 radical (unpaired) electrons. The second kappa shape index (κ2) is 5.50. The third-order valence-electron chi connectivity index (χ3n) is 1.57. The van der Waals surface area contributed by atoms with Gasteiger partial charge in [-0.05, 0) is 0 Å². The lowest BCUT2D eigenvalue weighted by Gasteiger charge is -2.15. The molecule has 0 unspecified atom stereocenters.